The zero-order valence-electron chi connectivity index (χ0n) is 28.3. The number of carbonyl (C=O) groups excluding carboxylic acids is 4. The van der Waals surface area contributed by atoms with E-state index in [2.05, 4.69) is 10.6 Å². The molecule has 2 unspecified atom stereocenters. The van der Waals surface area contributed by atoms with Crippen LogP contribution in [0.25, 0.3) is 10.8 Å². The molecule has 0 saturated heterocycles. The Balaban J connectivity index is 1.84. The maximum atomic E-state index is 14.3. The molecule has 3 aromatic carbocycles. The average molecular weight is 633 g/mol. The van der Waals surface area contributed by atoms with Crippen molar-refractivity contribution in [3.8, 4) is 0 Å². The van der Waals surface area contributed by atoms with Gasteiger partial charge in [0, 0.05) is 34.0 Å². The minimum atomic E-state index is -0.928. The van der Waals surface area contributed by atoms with Crippen LogP contribution in [0, 0.1) is 0 Å². The van der Waals surface area contributed by atoms with E-state index in [1.807, 2.05) is 72.8 Å². The van der Waals surface area contributed by atoms with Gasteiger partial charge in [0.05, 0.1) is 12.1 Å². The monoisotopic (exact) mass is 632 g/mol. The van der Waals surface area contributed by atoms with Crippen molar-refractivity contribution in [2.75, 3.05) is 34.4 Å². The summed E-state index contributed by atoms with van der Waals surface area (Å²) in [4.78, 5) is 56.0. The molecule has 0 radical (unpaired) electrons. The predicted octanol–water partition coefficient (Wildman–Crippen LogP) is 4.34. The van der Waals surface area contributed by atoms with E-state index in [0.717, 1.165) is 21.9 Å². The second-order valence-electron chi connectivity index (χ2n) is 13.1. The summed E-state index contributed by atoms with van der Waals surface area (Å²) in [6.45, 7) is 8.56. The summed E-state index contributed by atoms with van der Waals surface area (Å²) in [5.74, 6) is -1.10. The van der Waals surface area contributed by atoms with E-state index in [1.54, 1.807) is 55.8 Å². The van der Waals surface area contributed by atoms with Gasteiger partial charge in [-0.15, -0.1) is 0 Å². The number of nitrogens with zero attached hydrogens (tertiary/aromatic N) is 2. The van der Waals surface area contributed by atoms with E-state index in [1.165, 1.54) is 9.80 Å². The SMILES string of the molecule is CNC(=O)C(Cc1ccccc1)N(C)C(=O)C(Cc1cccc2ccccc12)N(C)C(=O)COCC(C)(C)NC(=O)OC(C)(C)C. The topological polar surface area (TPSA) is 117 Å². The van der Waals surface area contributed by atoms with Crippen LogP contribution >= 0.6 is 0 Å². The van der Waals surface area contributed by atoms with Crippen LogP contribution in [0.3, 0.4) is 0 Å². The van der Waals surface area contributed by atoms with Crippen LogP contribution < -0.4 is 10.6 Å². The maximum Gasteiger partial charge on any atom is 0.408 e. The number of benzene rings is 3. The molecule has 0 spiro atoms. The molecular formula is C36H48N4O6. The Hall–Kier alpha value is -4.44. The maximum absolute atomic E-state index is 14.3. The Kier molecular flexibility index (Phi) is 12.3. The van der Waals surface area contributed by atoms with E-state index in [9.17, 15) is 19.2 Å². The number of likely N-dealkylation sites (N-methyl/N-ethyl adjacent to an activating group) is 3. The summed E-state index contributed by atoms with van der Waals surface area (Å²) in [6.07, 6.45) is -0.0522. The standard InChI is InChI=1S/C36H48N4O6/c1-35(2,3)46-34(44)38-36(4,5)24-45-23-31(41)39(7)30(22-27-19-14-18-26-17-12-13-20-28(26)27)33(43)40(8)29(32(42)37-6)21-25-15-10-9-11-16-25/h9-20,29-30H,21-24H2,1-8H3,(H,37,42)(H,38,44). The molecule has 46 heavy (non-hydrogen) atoms. The molecular weight excluding hydrogens is 584 g/mol. The first-order valence-corrected chi connectivity index (χ1v) is 15.5. The molecule has 10 nitrogen and oxygen atoms in total. The van der Waals surface area contributed by atoms with Gasteiger partial charge in [0.1, 0.15) is 24.3 Å². The van der Waals surface area contributed by atoms with Crippen molar-refractivity contribution in [3.05, 3.63) is 83.9 Å². The molecule has 248 valence electrons. The minimum Gasteiger partial charge on any atom is -0.444 e. The highest BCUT2D eigenvalue weighted by Gasteiger charge is 2.35. The van der Waals surface area contributed by atoms with Gasteiger partial charge in [-0.2, -0.15) is 0 Å². The van der Waals surface area contributed by atoms with E-state index in [-0.39, 0.29) is 31.4 Å². The van der Waals surface area contributed by atoms with Gasteiger partial charge in [0.15, 0.2) is 0 Å². The molecule has 0 aliphatic rings. The summed E-state index contributed by atoms with van der Waals surface area (Å²) in [5, 5.41) is 7.44. The first-order valence-electron chi connectivity index (χ1n) is 15.5. The Morgan fingerprint density at radius 2 is 1.41 bits per heavy atom. The molecule has 0 heterocycles. The second-order valence-corrected chi connectivity index (χ2v) is 13.1. The van der Waals surface area contributed by atoms with Gasteiger partial charge in [0.2, 0.25) is 17.7 Å². The lowest BCUT2D eigenvalue weighted by Crippen LogP contribution is -2.56. The summed E-state index contributed by atoms with van der Waals surface area (Å²) < 4.78 is 11.1. The Bertz CT molecular complexity index is 1500. The normalized spacial score (nSPS) is 13.0. The molecule has 0 bridgehead atoms. The molecule has 3 aromatic rings. The first kappa shape index (κ1) is 36.0. The third kappa shape index (κ3) is 10.3. The summed E-state index contributed by atoms with van der Waals surface area (Å²) in [5.41, 5.74) is 0.322. The third-order valence-corrected chi connectivity index (χ3v) is 7.60. The van der Waals surface area contributed by atoms with Gasteiger partial charge in [-0.3, -0.25) is 14.4 Å². The highest BCUT2D eigenvalue weighted by Crippen LogP contribution is 2.23. The molecule has 0 fully saturated rings. The number of rotatable bonds is 13. The van der Waals surface area contributed by atoms with Gasteiger partial charge in [0.25, 0.3) is 0 Å². The van der Waals surface area contributed by atoms with Crippen molar-refractivity contribution in [1.82, 2.24) is 20.4 Å². The van der Waals surface area contributed by atoms with Crippen molar-refractivity contribution >= 4 is 34.6 Å². The molecule has 0 saturated carbocycles. The molecule has 0 aromatic heterocycles. The van der Waals surface area contributed by atoms with Crippen LogP contribution in [0.1, 0.15) is 45.7 Å². The number of fused-ring (bicyclic) bond motifs is 1. The van der Waals surface area contributed by atoms with Crippen LogP contribution in [0.5, 0.6) is 0 Å². The summed E-state index contributed by atoms with van der Waals surface area (Å²) in [6, 6.07) is 21.5. The van der Waals surface area contributed by atoms with Crippen molar-refractivity contribution in [1.29, 1.82) is 0 Å². The zero-order chi connectivity index (χ0) is 34.1. The smallest absolute Gasteiger partial charge is 0.408 e. The number of alkyl carbamates (subject to hydrolysis) is 1. The Morgan fingerprint density at radius 3 is 2.07 bits per heavy atom. The minimum absolute atomic E-state index is 0.0312. The fraction of sp³-hybridized carbons (Fsp3) is 0.444. The highest BCUT2D eigenvalue weighted by atomic mass is 16.6. The lowest BCUT2D eigenvalue weighted by atomic mass is 9.96. The molecule has 10 heteroatoms. The lowest BCUT2D eigenvalue weighted by Gasteiger charge is -2.35. The van der Waals surface area contributed by atoms with Gasteiger partial charge < -0.3 is 29.9 Å². The highest BCUT2D eigenvalue weighted by molar-refractivity contribution is 5.93. The van der Waals surface area contributed by atoms with Gasteiger partial charge >= 0.3 is 6.09 Å². The Morgan fingerprint density at radius 1 is 0.783 bits per heavy atom. The van der Waals surface area contributed by atoms with Crippen molar-refractivity contribution in [3.63, 3.8) is 0 Å². The largest absolute Gasteiger partial charge is 0.444 e. The number of hydrogen-bond donors (Lipinski definition) is 2. The fourth-order valence-electron chi connectivity index (χ4n) is 5.15. The zero-order valence-corrected chi connectivity index (χ0v) is 28.3. The van der Waals surface area contributed by atoms with Crippen LogP contribution in [-0.4, -0.2) is 91.2 Å². The molecule has 0 aliphatic carbocycles. The van der Waals surface area contributed by atoms with E-state index >= 15 is 0 Å². The number of carbonyl (C=O) groups is 4. The van der Waals surface area contributed by atoms with Gasteiger partial charge in [-0.05, 0) is 56.5 Å². The summed E-state index contributed by atoms with van der Waals surface area (Å²) in [7, 11) is 4.71. The van der Waals surface area contributed by atoms with Gasteiger partial charge in [-0.1, -0.05) is 72.8 Å². The fourth-order valence-corrected chi connectivity index (χ4v) is 5.15. The molecule has 2 N–H and O–H groups in total. The van der Waals surface area contributed by atoms with Crippen LogP contribution in [0.4, 0.5) is 4.79 Å². The number of ether oxygens (including phenoxy) is 2. The van der Waals surface area contributed by atoms with Crippen LogP contribution in [-0.2, 0) is 36.7 Å². The predicted molar refractivity (Wildman–Crippen MR) is 179 cm³/mol. The number of nitrogens with one attached hydrogen (secondary N) is 2. The van der Waals surface area contributed by atoms with Crippen LogP contribution in [0.15, 0.2) is 72.8 Å². The quantitative estimate of drug-likeness (QED) is 0.290. The van der Waals surface area contributed by atoms with E-state index in [4.69, 9.17) is 9.47 Å². The summed E-state index contributed by atoms with van der Waals surface area (Å²) >= 11 is 0. The van der Waals surface area contributed by atoms with Crippen molar-refractivity contribution in [2.45, 2.75) is 70.7 Å². The lowest BCUT2D eigenvalue weighted by molar-refractivity contribution is -0.149. The molecule has 0 aliphatic heterocycles. The third-order valence-electron chi connectivity index (χ3n) is 7.60. The van der Waals surface area contributed by atoms with Crippen molar-refractivity contribution in [2.24, 2.45) is 0 Å². The van der Waals surface area contributed by atoms with E-state index in [0.29, 0.717) is 6.42 Å². The molecule has 3 rings (SSSR count). The molecule has 2 atom stereocenters. The average Bonchev–Trinajstić information content (AvgIpc) is 3.00. The number of amides is 4. The number of hydrogen-bond acceptors (Lipinski definition) is 6. The first-order chi connectivity index (χ1) is 21.6. The van der Waals surface area contributed by atoms with Crippen molar-refractivity contribution < 1.29 is 28.7 Å². The van der Waals surface area contributed by atoms with Crippen LogP contribution in [0.2, 0.25) is 0 Å². The Labute approximate surface area is 272 Å². The van der Waals surface area contributed by atoms with Gasteiger partial charge in [-0.25, -0.2) is 4.79 Å². The molecule has 4 amide bonds. The van der Waals surface area contributed by atoms with E-state index < -0.39 is 35.2 Å². The second kappa shape index (κ2) is 15.7.